The van der Waals surface area contributed by atoms with Crippen molar-refractivity contribution in [3.8, 4) is 5.75 Å². The summed E-state index contributed by atoms with van der Waals surface area (Å²) in [6.45, 7) is 12.2. The van der Waals surface area contributed by atoms with E-state index in [0.717, 1.165) is 10.5 Å². The van der Waals surface area contributed by atoms with E-state index in [1.165, 1.54) is 19.1 Å². The molecule has 1 aromatic heterocycles. The molecule has 4 rings (SSSR count). The smallest absolute Gasteiger partial charge is 0.445 e. The minimum atomic E-state index is -1.10. The van der Waals surface area contributed by atoms with E-state index in [1.54, 1.807) is 57.4 Å². The van der Waals surface area contributed by atoms with Crippen LogP contribution in [0.15, 0.2) is 57.7 Å². The monoisotopic (exact) mass is 651 g/mol. The average molecular weight is 652 g/mol. The number of rotatable bonds is 6. The number of amides is 3. The Morgan fingerprint density at radius 2 is 1.49 bits per heavy atom. The molecule has 13 heteroatoms. The highest BCUT2D eigenvalue weighted by Crippen LogP contribution is 2.32. The molecule has 0 bridgehead atoms. The lowest BCUT2D eigenvalue weighted by Gasteiger charge is -2.34. The van der Waals surface area contributed by atoms with E-state index in [2.05, 4.69) is 0 Å². The predicted molar refractivity (Wildman–Crippen MR) is 172 cm³/mol. The first kappa shape index (κ1) is 34.8. The average Bonchev–Trinajstić information content (AvgIpc) is 2.98. The van der Waals surface area contributed by atoms with Crippen molar-refractivity contribution in [3.63, 3.8) is 0 Å². The molecule has 3 amide bonds. The van der Waals surface area contributed by atoms with Crippen molar-refractivity contribution in [2.45, 2.75) is 72.8 Å². The summed E-state index contributed by atoms with van der Waals surface area (Å²) < 4.78 is 27.8. The Morgan fingerprint density at radius 1 is 0.851 bits per heavy atom. The first-order chi connectivity index (χ1) is 22.0. The minimum absolute atomic E-state index is 0.00229. The number of fused-ring (bicyclic) bond motifs is 1. The molecule has 1 saturated heterocycles. The Balaban J connectivity index is 1.60. The van der Waals surface area contributed by atoms with Gasteiger partial charge in [-0.2, -0.15) is 0 Å². The number of imide groups is 1. The summed E-state index contributed by atoms with van der Waals surface area (Å²) in [7, 11) is 0. The fourth-order valence-corrected chi connectivity index (χ4v) is 4.67. The van der Waals surface area contributed by atoms with E-state index in [1.807, 2.05) is 30.3 Å². The fraction of sp³-hybridized carbons (Fsp3) is 0.441. The molecule has 3 aromatic rings. The van der Waals surface area contributed by atoms with Crippen LogP contribution in [0.25, 0.3) is 11.0 Å². The van der Waals surface area contributed by atoms with Crippen LogP contribution in [0.5, 0.6) is 5.75 Å². The van der Waals surface area contributed by atoms with E-state index in [9.17, 15) is 24.0 Å². The number of carbonyl (C=O) groups excluding carboxylic acids is 4. The lowest BCUT2D eigenvalue weighted by atomic mass is 10.1. The Kier molecular flexibility index (Phi) is 10.5. The second-order valence-corrected chi connectivity index (χ2v) is 13.1. The minimum Gasteiger partial charge on any atom is -0.445 e. The summed E-state index contributed by atoms with van der Waals surface area (Å²) in [6, 6.07) is 14.0. The highest BCUT2D eigenvalue weighted by atomic mass is 16.7. The molecule has 0 aliphatic carbocycles. The van der Waals surface area contributed by atoms with Gasteiger partial charge in [0.2, 0.25) is 23.0 Å². The number of hydrogen-bond acceptors (Lipinski definition) is 11. The van der Waals surface area contributed by atoms with Gasteiger partial charge in [-0.25, -0.2) is 19.3 Å². The van der Waals surface area contributed by atoms with Gasteiger partial charge >= 0.3 is 18.3 Å². The zero-order valence-corrected chi connectivity index (χ0v) is 27.8. The van der Waals surface area contributed by atoms with Crippen molar-refractivity contribution in [1.82, 2.24) is 9.80 Å². The fourth-order valence-electron chi connectivity index (χ4n) is 4.67. The van der Waals surface area contributed by atoms with Crippen LogP contribution in [0.1, 0.15) is 59.6 Å². The quantitative estimate of drug-likeness (QED) is 0.234. The maximum Gasteiger partial charge on any atom is 0.514 e. The van der Waals surface area contributed by atoms with Crippen LogP contribution in [0, 0.1) is 0 Å². The van der Waals surface area contributed by atoms with Gasteiger partial charge in [-0.1, -0.05) is 36.4 Å². The van der Waals surface area contributed by atoms with Crippen LogP contribution >= 0.6 is 0 Å². The molecular formula is C34H41N3O10. The molecule has 0 spiro atoms. The van der Waals surface area contributed by atoms with Crippen LogP contribution in [0.2, 0.25) is 0 Å². The van der Waals surface area contributed by atoms with E-state index in [0.29, 0.717) is 5.56 Å². The molecule has 2 heterocycles. The summed E-state index contributed by atoms with van der Waals surface area (Å²) in [5.41, 5.74) is -0.904. The Morgan fingerprint density at radius 3 is 2.09 bits per heavy atom. The number of ether oxygens (including phenoxy) is 4. The standard InChI is InChI=1S/C34H41N3O10/c1-22(38)37(31(41)46-33(2,3)4)20-24-13-14-26-25(19-24)27(39)28(45-32(42)47-34(5,6)7)29(44-26)35-15-17-36(18-16-35)30(40)43-21-23-11-9-8-10-12-23/h8-14,19H,15-18,20-21H2,1-7H3. The third-order valence-electron chi connectivity index (χ3n) is 6.84. The molecule has 13 nitrogen and oxygen atoms in total. The van der Waals surface area contributed by atoms with Gasteiger partial charge in [-0.3, -0.25) is 9.59 Å². The summed E-state index contributed by atoms with van der Waals surface area (Å²) in [6.07, 6.45) is -2.40. The predicted octanol–water partition coefficient (Wildman–Crippen LogP) is 5.85. The maximum atomic E-state index is 13.9. The first-order valence-corrected chi connectivity index (χ1v) is 15.2. The molecule has 252 valence electrons. The second kappa shape index (κ2) is 14.1. The van der Waals surface area contributed by atoms with Gasteiger partial charge in [-0.05, 0) is 64.8 Å². The van der Waals surface area contributed by atoms with Gasteiger partial charge in [0.15, 0.2) is 0 Å². The van der Waals surface area contributed by atoms with Crippen molar-refractivity contribution in [1.29, 1.82) is 0 Å². The largest absolute Gasteiger partial charge is 0.514 e. The van der Waals surface area contributed by atoms with Gasteiger partial charge in [0.1, 0.15) is 23.4 Å². The molecule has 0 radical (unpaired) electrons. The second-order valence-electron chi connectivity index (χ2n) is 13.1. The molecule has 1 fully saturated rings. The number of anilines is 1. The van der Waals surface area contributed by atoms with Gasteiger partial charge < -0.3 is 33.2 Å². The van der Waals surface area contributed by atoms with Crippen LogP contribution in [-0.4, -0.2) is 71.4 Å². The number of nitrogens with zero attached hydrogens (tertiary/aromatic N) is 3. The normalized spacial score (nSPS) is 13.6. The van der Waals surface area contributed by atoms with Crippen LogP contribution in [0.3, 0.4) is 0 Å². The van der Waals surface area contributed by atoms with Crippen molar-refractivity contribution < 1.29 is 42.5 Å². The number of piperazine rings is 1. The first-order valence-electron chi connectivity index (χ1n) is 15.2. The van der Waals surface area contributed by atoms with Crippen molar-refractivity contribution in [2.75, 3.05) is 31.1 Å². The van der Waals surface area contributed by atoms with Crippen molar-refractivity contribution in [2.24, 2.45) is 0 Å². The molecule has 2 aromatic carbocycles. The zero-order chi connectivity index (χ0) is 34.5. The van der Waals surface area contributed by atoms with E-state index in [-0.39, 0.29) is 61.9 Å². The summed E-state index contributed by atoms with van der Waals surface area (Å²) >= 11 is 0. The summed E-state index contributed by atoms with van der Waals surface area (Å²) in [5, 5.41) is 0.0561. The molecule has 1 aliphatic rings. The molecule has 47 heavy (non-hydrogen) atoms. The third kappa shape index (κ3) is 9.47. The lowest BCUT2D eigenvalue weighted by molar-refractivity contribution is -0.128. The van der Waals surface area contributed by atoms with Crippen molar-refractivity contribution in [3.05, 3.63) is 69.9 Å². The van der Waals surface area contributed by atoms with Crippen molar-refractivity contribution >= 4 is 41.1 Å². The number of carbonyl (C=O) groups is 4. The van der Waals surface area contributed by atoms with Gasteiger partial charge in [-0.15, -0.1) is 0 Å². The Labute approximate surface area is 272 Å². The number of hydrogen-bond donors (Lipinski definition) is 0. The Hall–Kier alpha value is -5.07. The molecule has 0 atom stereocenters. The number of benzene rings is 2. The summed E-state index contributed by atoms with van der Waals surface area (Å²) in [4.78, 5) is 68.6. The maximum absolute atomic E-state index is 13.9. The highest BCUT2D eigenvalue weighted by molar-refractivity contribution is 5.91. The van der Waals surface area contributed by atoms with E-state index in [4.69, 9.17) is 23.4 Å². The SMILES string of the molecule is CC(=O)N(Cc1ccc2oc(N3CCN(C(=O)OCc4ccccc4)CC3)c(OC(=O)OC(C)(C)C)c(=O)c2c1)C(=O)OC(C)(C)C. The third-order valence-corrected chi connectivity index (χ3v) is 6.84. The topological polar surface area (TPSA) is 145 Å². The summed E-state index contributed by atoms with van der Waals surface area (Å²) in [5.74, 6) is -0.934. The van der Waals surface area contributed by atoms with Gasteiger partial charge in [0, 0.05) is 33.1 Å². The molecule has 1 aliphatic heterocycles. The van der Waals surface area contributed by atoms with Gasteiger partial charge in [0.05, 0.1) is 11.9 Å². The van der Waals surface area contributed by atoms with Crippen LogP contribution < -0.4 is 15.1 Å². The zero-order valence-electron chi connectivity index (χ0n) is 27.8. The molecular weight excluding hydrogens is 610 g/mol. The Bertz CT molecular complexity index is 1680. The van der Waals surface area contributed by atoms with E-state index < -0.39 is 40.9 Å². The van der Waals surface area contributed by atoms with Crippen LogP contribution in [0.4, 0.5) is 20.3 Å². The van der Waals surface area contributed by atoms with Crippen LogP contribution in [-0.2, 0) is 32.2 Å². The molecule has 0 saturated carbocycles. The molecule has 0 N–H and O–H groups in total. The van der Waals surface area contributed by atoms with Gasteiger partial charge in [0.25, 0.3) is 0 Å². The highest BCUT2D eigenvalue weighted by Gasteiger charge is 2.31. The van der Waals surface area contributed by atoms with E-state index >= 15 is 0 Å². The molecule has 0 unspecified atom stereocenters. The lowest BCUT2D eigenvalue weighted by Crippen LogP contribution is -2.49.